The molecule has 0 saturated carbocycles. The number of likely N-dealkylation sites (tertiary alicyclic amines) is 1. The highest BCUT2D eigenvalue weighted by Gasteiger charge is 2.26. The number of hydrogen-bond donors (Lipinski definition) is 2. The summed E-state index contributed by atoms with van der Waals surface area (Å²) in [5.74, 6) is -0.683. The highest BCUT2D eigenvalue weighted by molar-refractivity contribution is 5.76. The molecule has 1 heterocycles. The van der Waals surface area contributed by atoms with E-state index in [1.54, 1.807) is 0 Å². The number of piperidine rings is 1. The van der Waals surface area contributed by atoms with Gasteiger partial charge in [-0.1, -0.05) is 30.3 Å². The van der Waals surface area contributed by atoms with Crippen molar-refractivity contribution >= 4 is 5.97 Å². The lowest BCUT2D eigenvalue weighted by Gasteiger charge is -2.33. The molecule has 0 spiro atoms. The number of carbonyl (C=O) groups is 1. The van der Waals surface area contributed by atoms with Crippen molar-refractivity contribution in [2.75, 3.05) is 26.2 Å². The molecule has 3 N–H and O–H groups in total. The topological polar surface area (TPSA) is 66.6 Å². The van der Waals surface area contributed by atoms with E-state index < -0.39 is 11.9 Å². The molecule has 0 amide bonds. The third kappa shape index (κ3) is 3.78. The average Bonchev–Trinajstić information content (AvgIpc) is 2.45. The fourth-order valence-corrected chi connectivity index (χ4v) is 2.78. The highest BCUT2D eigenvalue weighted by Crippen LogP contribution is 2.21. The number of carboxylic acids is 1. The first-order chi connectivity index (χ1) is 9.20. The summed E-state index contributed by atoms with van der Waals surface area (Å²) in [5.41, 5.74) is 6.60. The molecule has 2 rings (SSSR count). The fourth-order valence-electron chi connectivity index (χ4n) is 2.78. The zero-order valence-corrected chi connectivity index (χ0v) is 11.2. The van der Waals surface area contributed by atoms with Crippen LogP contribution in [0.2, 0.25) is 0 Å². The first kappa shape index (κ1) is 14.0. The summed E-state index contributed by atoms with van der Waals surface area (Å²) in [6.45, 7) is 3.18. The maximum Gasteiger partial charge on any atom is 0.312 e. The van der Waals surface area contributed by atoms with Gasteiger partial charge in [0.15, 0.2) is 0 Å². The Morgan fingerprint density at radius 3 is 2.79 bits per heavy atom. The van der Waals surface area contributed by atoms with Crippen molar-refractivity contribution in [2.24, 2.45) is 11.7 Å². The number of carboxylic acid groups (broad SMARTS) is 1. The van der Waals surface area contributed by atoms with Crippen LogP contribution in [0.3, 0.4) is 0 Å². The molecule has 4 heteroatoms. The van der Waals surface area contributed by atoms with E-state index in [9.17, 15) is 9.90 Å². The highest BCUT2D eigenvalue weighted by atomic mass is 16.4. The molecular weight excluding hydrogens is 240 g/mol. The van der Waals surface area contributed by atoms with Crippen LogP contribution >= 0.6 is 0 Å². The number of nitrogens with zero attached hydrogens (tertiary/aromatic N) is 1. The Bertz CT molecular complexity index is 408. The lowest BCUT2D eigenvalue weighted by Crippen LogP contribution is -2.41. The summed E-state index contributed by atoms with van der Waals surface area (Å²) in [6.07, 6.45) is 2.28. The summed E-state index contributed by atoms with van der Waals surface area (Å²) in [6, 6.07) is 9.48. The van der Waals surface area contributed by atoms with Gasteiger partial charge in [-0.3, -0.25) is 4.79 Å². The predicted octanol–water partition coefficient (Wildman–Crippen LogP) is 1.53. The van der Waals surface area contributed by atoms with E-state index in [1.807, 2.05) is 30.3 Å². The minimum absolute atomic E-state index is 0.447. The summed E-state index contributed by atoms with van der Waals surface area (Å²) in [5, 5.41) is 9.43. The van der Waals surface area contributed by atoms with E-state index >= 15 is 0 Å². The van der Waals surface area contributed by atoms with Gasteiger partial charge in [0.1, 0.15) is 0 Å². The molecular formula is C15H22N2O2. The quantitative estimate of drug-likeness (QED) is 0.844. The van der Waals surface area contributed by atoms with Crippen LogP contribution in [-0.4, -0.2) is 42.2 Å². The Labute approximate surface area is 114 Å². The lowest BCUT2D eigenvalue weighted by molar-refractivity contribution is -0.139. The molecule has 1 aromatic carbocycles. The molecule has 1 aliphatic rings. The normalized spacial score (nSPS) is 22.1. The van der Waals surface area contributed by atoms with Gasteiger partial charge in [-0.05, 0) is 37.4 Å². The summed E-state index contributed by atoms with van der Waals surface area (Å²) in [7, 11) is 0. The minimum atomic E-state index is -0.749. The van der Waals surface area contributed by atoms with Gasteiger partial charge >= 0.3 is 5.97 Å². The van der Waals surface area contributed by atoms with Gasteiger partial charge in [0.25, 0.3) is 0 Å². The Balaban J connectivity index is 2.03. The van der Waals surface area contributed by atoms with Crippen LogP contribution in [-0.2, 0) is 4.79 Å². The number of hydrogen-bond acceptors (Lipinski definition) is 3. The van der Waals surface area contributed by atoms with E-state index in [4.69, 9.17) is 5.73 Å². The van der Waals surface area contributed by atoms with E-state index in [1.165, 1.54) is 0 Å². The Morgan fingerprint density at radius 1 is 1.42 bits per heavy atom. The third-order valence-electron chi connectivity index (χ3n) is 3.88. The first-order valence-corrected chi connectivity index (χ1v) is 6.91. The van der Waals surface area contributed by atoms with E-state index in [0.717, 1.165) is 31.5 Å². The standard InChI is InChI=1S/C15H22N2O2/c16-9-12-5-4-8-17(10-12)11-14(15(18)19)13-6-2-1-3-7-13/h1-3,6-7,12,14H,4-5,8-11,16H2,(H,18,19). The molecule has 0 radical (unpaired) electrons. The molecule has 2 unspecified atom stereocenters. The fraction of sp³-hybridized carbons (Fsp3) is 0.533. The van der Waals surface area contributed by atoms with Crippen LogP contribution in [0.25, 0.3) is 0 Å². The van der Waals surface area contributed by atoms with Crippen molar-refractivity contribution in [1.82, 2.24) is 4.90 Å². The van der Waals surface area contributed by atoms with Crippen molar-refractivity contribution < 1.29 is 9.90 Å². The van der Waals surface area contributed by atoms with Crippen molar-refractivity contribution in [1.29, 1.82) is 0 Å². The molecule has 1 aromatic rings. The van der Waals surface area contributed by atoms with Crippen LogP contribution in [0, 0.1) is 5.92 Å². The Morgan fingerprint density at radius 2 is 2.16 bits per heavy atom. The predicted molar refractivity (Wildman–Crippen MR) is 75.0 cm³/mol. The molecule has 104 valence electrons. The van der Waals surface area contributed by atoms with Crippen LogP contribution in [0.4, 0.5) is 0 Å². The van der Waals surface area contributed by atoms with Gasteiger partial charge in [0.05, 0.1) is 5.92 Å². The summed E-state index contributed by atoms with van der Waals surface area (Å²) in [4.78, 5) is 13.7. The molecule has 0 aliphatic carbocycles. The van der Waals surface area contributed by atoms with Gasteiger partial charge in [0.2, 0.25) is 0 Å². The van der Waals surface area contributed by atoms with Gasteiger partial charge < -0.3 is 15.7 Å². The van der Waals surface area contributed by atoms with E-state index in [-0.39, 0.29) is 0 Å². The van der Waals surface area contributed by atoms with Crippen LogP contribution < -0.4 is 5.73 Å². The van der Waals surface area contributed by atoms with E-state index in [0.29, 0.717) is 19.0 Å². The number of benzene rings is 1. The van der Waals surface area contributed by atoms with Crippen LogP contribution in [0.15, 0.2) is 30.3 Å². The minimum Gasteiger partial charge on any atom is -0.481 e. The van der Waals surface area contributed by atoms with Crippen molar-refractivity contribution in [3.8, 4) is 0 Å². The molecule has 0 aromatic heterocycles. The molecule has 1 fully saturated rings. The molecule has 0 bridgehead atoms. The molecule has 1 aliphatic heterocycles. The van der Waals surface area contributed by atoms with Gasteiger partial charge in [0, 0.05) is 13.1 Å². The largest absolute Gasteiger partial charge is 0.481 e. The zero-order valence-electron chi connectivity index (χ0n) is 11.2. The average molecular weight is 262 g/mol. The Hall–Kier alpha value is -1.39. The van der Waals surface area contributed by atoms with Crippen LogP contribution in [0.1, 0.15) is 24.3 Å². The smallest absolute Gasteiger partial charge is 0.312 e. The van der Waals surface area contributed by atoms with Crippen molar-refractivity contribution in [3.63, 3.8) is 0 Å². The second kappa shape index (κ2) is 6.68. The monoisotopic (exact) mass is 262 g/mol. The first-order valence-electron chi connectivity index (χ1n) is 6.91. The van der Waals surface area contributed by atoms with Crippen molar-refractivity contribution in [3.05, 3.63) is 35.9 Å². The maximum atomic E-state index is 11.5. The van der Waals surface area contributed by atoms with Gasteiger partial charge in [-0.15, -0.1) is 0 Å². The molecule has 2 atom stereocenters. The van der Waals surface area contributed by atoms with Gasteiger partial charge in [-0.2, -0.15) is 0 Å². The summed E-state index contributed by atoms with van der Waals surface area (Å²) >= 11 is 0. The van der Waals surface area contributed by atoms with Gasteiger partial charge in [-0.25, -0.2) is 0 Å². The second-order valence-electron chi connectivity index (χ2n) is 5.31. The Kier molecular flexibility index (Phi) is 4.93. The zero-order chi connectivity index (χ0) is 13.7. The van der Waals surface area contributed by atoms with Crippen LogP contribution in [0.5, 0.6) is 0 Å². The molecule has 19 heavy (non-hydrogen) atoms. The summed E-state index contributed by atoms with van der Waals surface area (Å²) < 4.78 is 0. The number of aliphatic carboxylic acids is 1. The van der Waals surface area contributed by atoms with Crippen molar-refractivity contribution in [2.45, 2.75) is 18.8 Å². The second-order valence-corrected chi connectivity index (χ2v) is 5.31. The molecule has 1 saturated heterocycles. The lowest BCUT2D eigenvalue weighted by atomic mass is 9.94. The van der Waals surface area contributed by atoms with E-state index in [2.05, 4.69) is 4.90 Å². The number of rotatable bonds is 5. The third-order valence-corrected chi connectivity index (χ3v) is 3.88. The number of nitrogens with two attached hydrogens (primary N) is 1. The SMILES string of the molecule is NCC1CCCN(CC(C(=O)O)c2ccccc2)C1. The molecule has 4 nitrogen and oxygen atoms in total. The maximum absolute atomic E-state index is 11.5.